The lowest BCUT2D eigenvalue weighted by molar-refractivity contribution is -0.486. The highest BCUT2D eigenvalue weighted by Gasteiger charge is 2.35. The Balaban J connectivity index is 2.07. The third-order valence-corrected chi connectivity index (χ3v) is 4.04. The molecule has 2 unspecified atom stereocenters. The number of ether oxygens (including phenoxy) is 2. The lowest BCUT2D eigenvalue weighted by Crippen LogP contribution is -2.43. The molecule has 2 rings (SSSR count). The summed E-state index contributed by atoms with van der Waals surface area (Å²) in [6.07, 6.45) is 2.56. The number of nitro groups is 1. The molecule has 8 heteroatoms. The molecule has 2 aliphatic rings. The molecule has 2 saturated heterocycles. The second-order valence-electron chi connectivity index (χ2n) is 5.74. The minimum Gasteiger partial charge on any atom is -0.381 e. The van der Waals surface area contributed by atoms with E-state index in [-0.39, 0.29) is 6.23 Å². The van der Waals surface area contributed by atoms with Crippen LogP contribution in [0.25, 0.3) is 0 Å². The smallest absolute Gasteiger partial charge is 0.276 e. The Kier molecular flexibility index (Phi) is 6.38. The van der Waals surface area contributed by atoms with Crippen LogP contribution in [-0.4, -0.2) is 66.5 Å². The van der Waals surface area contributed by atoms with Crippen LogP contribution in [0.5, 0.6) is 0 Å². The predicted molar refractivity (Wildman–Crippen MR) is 82.0 cm³/mol. The lowest BCUT2D eigenvalue weighted by atomic mass is 10.1. The minimum absolute atomic E-state index is 0.150. The number of nitrogens with zero attached hydrogens (tertiary/aromatic N) is 4. The van der Waals surface area contributed by atoms with E-state index in [0.29, 0.717) is 25.0 Å². The maximum absolute atomic E-state index is 10.9. The summed E-state index contributed by atoms with van der Waals surface area (Å²) in [4.78, 5) is 14.8. The van der Waals surface area contributed by atoms with E-state index in [1.54, 1.807) is 0 Å². The van der Waals surface area contributed by atoms with Gasteiger partial charge >= 0.3 is 0 Å². The first-order valence-electron chi connectivity index (χ1n) is 8.09. The van der Waals surface area contributed by atoms with Crippen LogP contribution in [0.1, 0.15) is 33.1 Å². The van der Waals surface area contributed by atoms with Crippen LogP contribution in [0, 0.1) is 16.0 Å². The molecule has 22 heavy (non-hydrogen) atoms. The first-order valence-corrected chi connectivity index (χ1v) is 8.09. The average molecular weight is 314 g/mol. The number of hydrazone groups is 1. The van der Waals surface area contributed by atoms with Crippen molar-refractivity contribution in [1.82, 2.24) is 9.80 Å². The molecule has 0 aromatic rings. The van der Waals surface area contributed by atoms with Gasteiger partial charge in [-0.05, 0) is 19.3 Å². The van der Waals surface area contributed by atoms with E-state index in [1.165, 1.54) is 0 Å². The zero-order valence-electron chi connectivity index (χ0n) is 13.4. The molecule has 0 radical (unpaired) electrons. The summed E-state index contributed by atoms with van der Waals surface area (Å²) in [5.74, 6) is 0.855. The van der Waals surface area contributed by atoms with Crippen LogP contribution < -0.4 is 0 Å². The third kappa shape index (κ3) is 4.30. The number of guanidine groups is 1. The molecule has 0 aromatic heterocycles. The highest BCUT2D eigenvalue weighted by molar-refractivity contribution is 5.81. The molecule has 2 aliphatic heterocycles. The Morgan fingerprint density at radius 3 is 2.91 bits per heavy atom. The van der Waals surface area contributed by atoms with Gasteiger partial charge in [0.1, 0.15) is 11.3 Å². The van der Waals surface area contributed by atoms with Crippen LogP contribution in [0.3, 0.4) is 0 Å². The van der Waals surface area contributed by atoms with Crippen LogP contribution in [0.2, 0.25) is 0 Å². The number of hydrogen-bond acceptors (Lipinski definition) is 4. The molecule has 126 valence electrons. The Bertz CT molecular complexity index is 398. The maximum atomic E-state index is 10.9. The van der Waals surface area contributed by atoms with E-state index in [0.717, 1.165) is 45.6 Å². The van der Waals surface area contributed by atoms with Gasteiger partial charge in [-0.2, -0.15) is 0 Å². The van der Waals surface area contributed by atoms with Gasteiger partial charge in [-0.15, -0.1) is 0 Å². The summed E-state index contributed by atoms with van der Waals surface area (Å²) in [5, 5.41) is 13.9. The first kappa shape index (κ1) is 17.0. The van der Waals surface area contributed by atoms with E-state index in [1.807, 2.05) is 16.7 Å². The van der Waals surface area contributed by atoms with Crippen molar-refractivity contribution in [2.24, 2.45) is 11.0 Å². The van der Waals surface area contributed by atoms with Crippen molar-refractivity contribution in [1.29, 1.82) is 0 Å². The standard InChI is InChI=1S/C14H26N4O4/c1-3-8-22-13(4-2)17-7-6-16(14(17)15-18(19)20)10-12-5-9-21-11-12/h12-13H,3-11H2,1-2H3. The van der Waals surface area contributed by atoms with Gasteiger partial charge in [-0.1, -0.05) is 13.8 Å². The van der Waals surface area contributed by atoms with Crippen molar-refractivity contribution in [3.63, 3.8) is 0 Å². The van der Waals surface area contributed by atoms with E-state index < -0.39 is 5.03 Å². The molecule has 0 aliphatic carbocycles. The van der Waals surface area contributed by atoms with Crippen molar-refractivity contribution in [3.8, 4) is 0 Å². The quantitative estimate of drug-likeness (QED) is 0.497. The van der Waals surface area contributed by atoms with Crippen molar-refractivity contribution < 1.29 is 14.5 Å². The van der Waals surface area contributed by atoms with Gasteiger partial charge in [-0.3, -0.25) is 0 Å². The van der Waals surface area contributed by atoms with Gasteiger partial charge in [0.2, 0.25) is 0 Å². The van der Waals surface area contributed by atoms with Gasteiger partial charge in [0.05, 0.1) is 6.61 Å². The fraction of sp³-hybridized carbons (Fsp3) is 0.929. The Morgan fingerprint density at radius 2 is 2.32 bits per heavy atom. The van der Waals surface area contributed by atoms with Gasteiger partial charge in [0.15, 0.2) is 5.03 Å². The topological polar surface area (TPSA) is 80.4 Å². The molecule has 8 nitrogen and oxygen atoms in total. The molecule has 0 bridgehead atoms. The molecule has 0 amide bonds. The zero-order chi connectivity index (χ0) is 15.9. The molecule has 0 aromatic carbocycles. The van der Waals surface area contributed by atoms with Crippen LogP contribution in [0.15, 0.2) is 5.10 Å². The van der Waals surface area contributed by atoms with Gasteiger partial charge in [0, 0.05) is 38.8 Å². The summed E-state index contributed by atoms with van der Waals surface area (Å²) in [6.45, 7) is 8.45. The zero-order valence-corrected chi connectivity index (χ0v) is 13.4. The van der Waals surface area contributed by atoms with Crippen LogP contribution >= 0.6 is 0 Å². The van der Waals surface area contributed by atoms with Crippen molar-refractivity contribution >= 4 is 5.96 Å². The molecular formula is C14H26N4O4. The number of hydrogen-bond donors (Lipinski definition) is 0. The Hall–Kier alpha value is -1.41. The largest absolute Gasteiger partial charge is 0.381 e. The lowest BCUT2D eigenvalue weighted by Gasteiger charge is -2.28. The van der Waals surface area contributed by atoms with Crippen molar-refractivity contribution in [2.75, 3.05) is 39.5 Å². The third-order valence-electron chi connectivity index (χ3n) is 4.04. The maximum Gasteiger partial charge on any atom is 0.276 e. The molecule has 2 heterocycles. The van der Waals surface area contributed by atoms with E-state index in [9.17, 15) is 10.1 Å². The molecule has 0 N–H and O–H groups in total. The van der Waals surface area contributed by atoms with Crippen LogP contribution in [-0.2, 0) is 9.47 Å². The van der Waals surface area contributed by atoms with E-state index in [2.05, 4.69) is 12.0 Å². The summed E-state index contributed by atoms with van der Waals surface area (Å²) < 4.78 is 11.2. The minimum atomic E-state index is -0.613. The monoisotopic (exact) mass is 314 g/mol. The average Bonchev–Trinajstić information content (AvgIpc) is 3.12. The van der Waals surface area contributed by atoms with E-state index in [4.69, 9.17) is 9.47 Å². The van der Waals surface area contributed by atoms with Gasteiger partial charge < -0.3 is 19.3 Å². The summed E-state index contributed by atoms with van der Waals surface area (Å²) >= 11 is 0. The summed E-state index contributed by atoms with van der Waals surface area (Å²) in [6, 6.07) is 0. The molecule has 0 saturated carbocycles. The van der Waals surface area contributed by atoms with Gasteiger partial charge in [-0.25, -0.2) is 10.1 Å². The number of rotatable bonds is 8. The molecule has 2 fully saturated rings. The normalized spacial score (nSPS) is 25.2. The van der Waals surface area contributed by atoms with Crippen molar-refractivity contribution in [3.05, 3.63) is 10.1 Å². The van der Waals surface area contributed by atoms with Crippen LogP contribution in [0.4, 0.5) is 0 Å². The van der Waals surface area contributed by atoms with E-state index >= 15 is 0 Å². The Labute approximate surface area is 131 Å². The molecule has 0 spiro atoms. The summed E-state index contributed by atoms with van der Waals surface area (Å²) in [5.41, 5.74) is 0. The van der Waals surface area contributed by atoms with Crippen molar-refractivity contribution in [2.45, 2.75) is 39.3 Å². The second kappa shape index (κ2) is 8.28. The second-order valence-corrected chi connectivity index (χ2v) is 5.74. The predicted octanol–water partition coefficient (Wildman–Crippen LogP) is 1.35. The molecule has 2 atom stereocenters. The highest BCUT2D eigenvalue weighted by Crippen LogP contribution is 2.21. The van der Waals surface area contributed by atoms with Gasteiger partial charge in [0.25, 0.3) is 5.96 Å². The fourth-order valence-corrected chi connectivity index (χ4v) is 2.97. The highest BCUT2D eigenvalue weighted by atomic mass is 16.7. The fourth-order valence-electron chi connectivity index (χ4n) is 2.97. The SMILES string of the molecule is CCCOC(CC)N1CCN(CC2CCOC2)C1=N[N+](=O)[O-]. The molecular weight excluding hydrogens is 288 g/mol. The Morgan fingerprint density at radius 1 is 1.50 bits per heavy atom. The summed E-state index contributed by atoms with van der Waals surface area (Å²) in [7, 11) is 0. The first-order chi connectivity index (χ1) is 10.7.